The van der Waals surface area contributed by atoms with Crippen molar-refractivity contribution in [3.63, 3.8) is 0 Å². The number of aliphatic hydroxyl groups excluding tert-OH is 1. The summed E-state index contributed by atoms with van der Waals surface area (Å²) in [6.07, 6.45) is 7.62. The molecule has 1 N–H and O–H groups in total. The van der Waals surface area contributed by atoms with Crippen molar-refractivity contribution in [2.24, 2.45) is 17.8 Å². The van der Waals surface area contributed by atoms with E-state index in [0.29, 0.717) is 11.3 Å². The largest absolute Gasteiger partial charge is 0.512 e. The van der Waals surface area contributed by atoms with Crippen LogP contribution in [0.2, 0.25) is 0 Å². The van der Waals surface area contributed by atoms with E-state index in [-0.39, 0.29) is 49.3 Å². The predicted molar refractivity (Wildman–Crippen MR) is 203 cm³/mol. The summed E-state index contributed by atoms with van der Waals surface area (Å²) in [7, 11) is 0. The van der Waals surface area contributed by atoms with Gasteiger partial charge < -0.3 is 10.1 Å². The van der Waals surface area contributed by atoms with Crippen LogP contribution in [0.25, 0.3) is 54.5 Å². The number of aromatic nitrogens is 2. The summed E-state index contributed by atoms with van der Waals surface area (Å²) in [5.41, 5.74) is 3.84. The molecule has 0 bridgehead atoms. The van der Waals surface area contributed by atoms with Gasteiger partial charge in [-0.1, -0.05) is 88.9 Å². The van der Waals surface area contributed by atoms with Gasteiger partial charge in [0.2, 0.25) is 0 Å². The Morgan fingerprint density at radius 1 is 0.880 bits per heavy atom. The Labute approximate surface area is 312 Å². The number of benzene rings is 4. The summed E-state index contributed by atoms with van der Waals surface area (Å²) in [5.74, 6) is 0.859. The maximum atomic E-state index is 15.1. The summed E-state index contributed by atoms with van der Waals surface area (Å²) in [6.45, 7) is 12.4. The van der Waals surface area contributed by atoms with E-state index in [1.165, 1.54) is 6.08 Å². The van der Waals surface area contributed by atoms with Crippen molar-refractivity contribution in [1.82, 2.24) is 9.97 Å². The van der Waals surface area contributed by atoms with E-state index in [1.54, 1.807) is 17.8 Å². The summed E-state index contributed by atoms with van der Waals surface area (Å²) in [4.78, 5) is 22.5. The minimum Gasteiger partial charge on any atom is -0.512 e. The fraction of sp³-hybridized carbons (Fsp3) is 0.326. The van der Waals surface area contributed by atoms with Gasteiger partial charge in [0.25, 0.3) is 0 Å². The van der Waals surface area contributed by atoms with Gasteiger partial charge >= 0.3 is 0 Å². The van der Waals surface area contributed by atoms with E-state index in [4.69, 9.17) is 9.97 Å². The molecule has 1 aliphatic rings. The van der Waals surface area contributed by atoms with Gasteiger partial charge in [-0.05, 0) is 94.2 Å². The number of fused-ring (bicyclic) bond motifs is 7. The van der Waals surface area contributed by atoms with Crippen LogP contribution in [0.3, 0.4) is 0 Å². The van der Waals surface area contributed by atoms with Gasteiger partial charge in [-0.15, -0.1) is 23.9 Å². The Hall–Kier alpha value is -3.64. The van der Waals surface area contributed by atoms with E-state index in [1.807, 2.05) is 70.3 Å². The zero-order valence-electron chi connectivity index (χ0n) is 29.6. The number of carbonyl (C=O) groups is 1. The first-order valence-corrected chi connectivity index (χ1v) is 18.4. The number of halogens is 1. The first-order chi connectivity index (χ1) is 23.7. The molecule has 0 saturated heterocycles. The van der Waals surface area contributed by atoms with Crippen LogP contribution in [-0.4, -0.2) is 20.9 Å². The number of hydrogen-bond donors (Lipinski definition) is 1. The van der Waals surface area contributed by atoms with Crippen LogP contribution in [-0.2, 0) is 31.3 Å². The molecule has 6 aromatic rings. The Bertz CT molecular complexity index is 2220. The normalized spacial score (nSPS) is 12.5. The molecule has 0 fully saturated rings. The third kappa shape index (κ3) is 7.37. The number of carbonyl (C=O) groups excluding carboxylic acids is 1. The first-order valence-electron chi connectivity index (χ1n) is 17.6. The molecule has 0 atom stereocenters. The van der Waals surface area contributed by atoms with Gasteiger partial charge in [0.1, 0.15) is 5.82 Å². The van der Waals surface area contributed by atoms with E-state index in [9.17, 15) is 9.90 Å². The van der Waals surface area contributed by atoms with Gasteiger partial charge in [-0.3, -0.25) is 9.78 Å². The molecule has 50 heavy (non-hydrogen) atoms. The summed E-state index contributed by atoms with van der Waals surface area (Å²) < 4.78 is 15.1. The molecule has 7 rings (SSSR count). The quantitative estimate of drug-likeness (QED) is 0.0678. The number of allylic oxidation sites excluding steroid dienone is 2. The van der Waals surface area contributed by atoms with E-state index in [2.05, 4.69) is 38.1 Å². The van der Waals surface area contributed by atoms with Crippen molar-refractivity contribution in [3.05, 3.63) is 96.1 Å². The monoisotopic (exact) mass is 864 g/mol. The van der Waals surface area contributed by atoms with Gasteiger partial charge in [0.15, 0.2) is 5.78 Å². The molecule has 261 valence electrons. The fourth-order valence-corrected chi connectivity index (χ4v) is 8.09. The molecule has 2 aromatic heterocycles. The first kappa shape index (κ1) is 37.6. The molecule has 7 heteroatoms. The van der Waals surface area contributed by atoms with Crippen molar-refractivity contribution in [3.8, 4) is 11.3 Å². The smallest absolute Gasteiger partial charge is 0.162 e. The van der Waals surface area contributed by atoms with Gasteiger partial charge in [0, 0.05) is 65.2 Å². The standard InChI is InChI=1S/C30H20FN2S.C13H24O2.Ir/c1-16(2)11-17-12-22-20(25(31)13-17)8-7-19-21-9-10-32-29-24-14-18-5-3-4-6-26(18)33-30(24)34-27(28(21)29)15-23(19)22;1-5-10(6-2)12(14)9-13(15)11(7-3)8-4;/h3-10,12-13,15-16H,11H2,1-2H3;9-11,14H,5-8H2,1-4H3;/q-1;;/b;12-9-;. The Balaban J connectivity index is 0.000000261. The van der Waals surface area contributed by atoms with Crippen molar-refractivity contribution in [2.45, 2.75) is 83.6 Å². The minimum atomic E-state index is -0.153. The number of aliphatic hydroxyl groups is 1. The number of para-hydroxylation sites is 1. The summed E-state index contributed by atoms with van der Waals surface area (Å²) in [6, 6.07) is 23.7. The molecule has 3 heterocycles. The number of rotatable bonds is 9. The number of nitrogens with zero attached hydrogens (tertiary/aromatic N) is 2. The van der Waals surface area contributed by atoms with Crippen molar-refractivity contribution in [1.29, 1.82) is 0 Å². The van der Waals surface area contributed by atoms with Crippen LogP contribution < -0.4 is 0 Å². The Morgan fingerprint density at radius 2 is 1.56 bits per heavy atom. The second-order valence-electron chi connectivity index (χ2n) is 13.4. The molecule has 0 aliphatic carbocycles. The molecule has 0 saturated carbocycles. The van der Waals surface area contributed by atoms with E-state index in [0.717, 1.165) is 96.7 Å². The van der Waals surface area contributed by atoms with Crippen LogP contribution in [0.15, 0.2) is 88.6 Å². The zero-order valence-corrected chi connectivity index (χ0v) is 32.8. The minimum absolute atomic E-state index is 0. The zero-order chi connectivity index (χ0) is 34.8. The Kier molecular flexibility index (Phi) is 12.1. The molecular weight excluding hydrogens is 820 g/mol. The predicted octanol–water partition coefficient (Wildman–Crippen LogP) is 12.2. The molecule has 0 unspecified atom stereocenters. The topological polar surface area (TPSA) is 63.1 Å². The third-order valence-corrected chi connectivity index (χ3v) is 10.7. The number of ketones is 1. The molecule has 0 spiro atoms. The van der Waals surface area contributed by atoms with Crippen LogP contribution in [0.5, 0.6) is 0 Å². The fourth-order valence-electron chi connectivity index (χ4n) is 7.00. The second-order valence-corrected chi connectivity index (χ2v) is 14.5. The van der Waals surface area contributed by atoms with Crippen LogP contribution in [0.1, 0.15) is 72.8 Å². The number of pyridine rings is 2. The van der Waals surface area contributed by atoms with E-state index < -0.39 is 0 Å². The van der Waals surface area contributed by atoms with Gasteiger partial charge in [-0.2, -0.15) is 0 Å². The maximum absolute atomic E-state index is 15.1. The molecule has 1 aliphatic heterocycles. The van der Waals surface area contributed by atoms with Crippen molar-refractivity contribution >= 4 is 60.8 Å². The van der Waals surface area contributed by atoms with Crippen LogP contribution in [0, 0.1) is 29.6 Å². The van der Waals surface area contributed by atoms with Crippen molar-refractivity contribution in [2.75, 3.05) is 0 Å². The van der Waals surface area contributed by atoms with E-state index >= 15 is 4.39 Å². The summed E-state index contributed by atoms with van der Waals surface area (Å²) >= 11 is 1.66. The van der Waals surface area contributed by atoms with Crippen molar-refractivity contribution < 1.29 is 34.4 Å². The average molecular weight is 864 g/mol. The van der Waals surface area contributed by atoms with Gasteiger partial charge in [0.05, 0.1) is 5.76 Å². The molecule has 0 amide bonds. The summed E-state index contributed by atoms with van der Waals surface area (Å²) in [5, 5.41) is 17.7. The third-order valence-electron chi connectivity index (χ3n) is 9.72. The molecule has 4 nitrogen and oxygen atoms in total. The van der Waals surface area contributed by atoms with Crippen LogP contribution in [0.4, 0.5) is 4.39 Å². The molecular formula is C43H44FIrN2O2S-. The Morgan fingerprint density at radius 3 is 2.26 bits per heavy atom. The number of hydrogen-bond acceptors (Lipinski definition) is 5. The molecule has 4 aromatic carbocycles. The molecule has 1 radical (unpaired) electrons. The maximum Gasteiger partial charge on any atom is 0.162 e. The van der Waals surface area contributed by atoms with Crippen LogP contribution >= 0.6 is 11.8 Å². The second kappa shape index (κ2) is 16.1. The average Bonchev–Trinajstić information content (AvgIpc) is 3.09. The SMILES string of the molecule is CC(C)Cc1cc(F)c2ccc3c4ccnc5c4c(cc3c2c1)Sc1nc2ccccc2[c-]c1-5.CCC(CC)C(=O)/C=C(\O)C(CC)CC.[Ir]. The van der Waals surface area contributed by atoms with Gasteiger partial charge in [-0.25, -0.2) is 4.39 Å².